The molecule has 0 aliphatic carbocycles. The SMILES string of the molecule is C=CC(=O)N1CCN(c2nc(OC[C@@H]3CCCN3C)nc3c2CN(c2cccc4cccc(Cl)c24)C3=O)CC1. The Morgan fingerprint density at radius 3 is 2.62 bits per heavy atom. The number of benzene rings is 2. The number of carbonyl (C=O) groups is 2. The van der Waals surface area contributed by atoms with Gasteiger partial charge in [-0.2, -0.15) is 9.97 Å². The van der Waals surface area contributed by atoms with Crippen molar-refractivity contribution in [3.8, 4) is 6.01 Å². The first-order valence-electron chi connectivity index (χ1n) is 13.3. The second-order valence-corrected chi connectivity index (χ2v) is 10.7. The van der Waals surface area contributed by atoms with Gasteiger partial charge in [0.25, 0.3) is 5.91 Å². The van der Waals surface area contributed by atoms with Crippen LogP contribution < -0.4 is 14.5 Å². The minimum atomic E-state index is -0.204. The number of likely N-dealkylation sites (N-methyl/N-ethyl adjacent to an activating group) is 1. The molecule has 202 valence electrons. The van der Waals surface area contributed by atoms with Crippen molar-refractivity contribution >= 4 is 45.7 Å². The molecule has 1 atom stereocenters. The maximum absolute atomic E-state index is 13.9. The molecule has 0 spiro atoms. The van der Waals surface area contributed by atoms with Crippen LogP contribution in [0.2, 0.25) is 5.02 Å². The minimum Gasteiger partial charge on any atom is -0.462 e. The van der Waals surface area contributed by atoms with E-state index in [0.29, 0.717) is 61.9 Å². The number of likely N-dealkylation sites (tertiary alicyclic amines) is 1. The number of aromatic nitrogens is 2. The van der Waals surface area contributed by atoms with Gasteiger partial charge in [-0.25, -0.2) is 0 Å². The highest BCUT2D eigenvalue weighted by atomic mass is 35.5. The highest BCUT2D eigenvalue weighted by molar-refractivity contribution is 6.37. The fourth-order valence-corrected chi connectivity index (χ4v) is 6.06. The van der Waals surface area contributed by atoms with Crippen LogP contribution in [0.5, 0.6) is 6.01 Å². The Labute approximate surface area is 232 Å². The van der Waals surface area contributed by atoms with Crippen molar-refractivity contribution in [2.24, 2.45) is 0 Å². The first kappa shape index (κ1) is 25.6. The Morgan fingerprint density at radius 1 is 1.13 bits per heavy atom. The van der Waals surface area contributed by atoms with Crippen LogP contribution in [0.15, 0.2) is 49.1 Å². The van der Waals surface area contributed by atoms with Crippen molar-refractivity contribution < 1.29 is 14.3 Å². The van der Waals surface area contributed by atoms with Crippen molar-refractivity contribution in [3.05, 3.63) is 65.3 Å². The second-order valence-electron chi connectivity index (χ2n) is 10.3. The Hall–Kier alpha value is -3.69. The summed E-state index contributed by atoms with van der Waals surface area (Å²) >= 11 is 6.61. The molecule has 0 bridgehead atoms. The summed E-state index contributed by atoms with van der Waals surface area (Å²) < 4.78 is 6.11. The highest BCUT2D eigenvalue weighted by Crippen LogP contribution is 2.39. The van der Waals surface area contributed by atoms with Crippen LogP contribution in [0.3, 0.4) is 0 Å². The lowest BCUT2D eigenvalue weighted by Crippen LogP contribution is -2.48. The van der Waals surface area contributed by atoms with E-state index in [-0.39, 0.29) is 17.8 Å². The molecule has 6 rings (SSSR count). The van der Waals surface area contributed by atoms with Crippen LogP contribution >= 0.6 is 11.6 Å². The van der Waals surface area contributed by atoms with Gasteiger partial charge in [0.05, 0.1) is 17.3 Å². The molecule has 3 aromatic rings. The number of hydrogen-bond acceptors (Lipinski definition) is 7. The average Bonchev–Trinajstić information content (AvgIpc) is 3.53. The molecule has 0 unspecified atom stereocenters. The molecule has 2 saturated heterocycles. The van der Waals surface area contributed by atoms with Gasteiger partial charge in [-0.1, -0.05) is 42.4 Å². The summed E-state index contributed by atoms with van der Waals surface area (Å²) in [5, 5.41) is 2.38. The maximum Gasteiger partial charge on any atom is 0.319 e. The quantitative estimate of drug-likeness (QED) is 0.435. The number of anilines is 2. The number of nitrogens with zero attached hydrogens (tertiary/aromatic N) is 6. The predicted octanol–water partition coefficient (Wildman–Crippen LogP) is 3.75. The van der Waals surface area contributed by atoms with E-state index in [1.165, 1.54) is 6.08 Å². The molecule has 3 aliphatic heterocycles. The summed E-state index contributed by atoms with van der Waals surface area (Å²) in [6, 6.07) is 12.1. The summed E-state index contributed by atoms with van der Waals surface area (Å²) in [7, 11) is 2.09. The van der Waals surface area contributed by atoms with Gasteiger partial charge >= 0.3 is 6.01 Å². The van der Waals surface area contributed by atoms with E-state index >= 15 is 0 Å². The topological polar surface area (TPSA) is 82.1 Å². The molecule has 10 heteroatoms. The van der Waals surface area contributed by atoms with Gasteiger partial charge in [-0.15, -0.1) is 0 Å². The summed E-state index contributed by atoms with van der Waals surface area (Å²) in [5.74, 6) is 0.397. The molecule has 1 aromatic heterocycles. The molecule has 0 saturated carbocycles. The number of amides is 2. The third-order valence-electron chi connectivity index (χ3n) is 7.99. The van der Waals surface area contributed by atoms with Gasteiger partial charge in [-0.05, 0) is 50.0 Å². The lowest BCUT2D eigenvalue weighted by atomic mass is 10.1. The third-order valence-corrected chi connectivity index (χ3v) is 8.31. The van der Waals surface area contributed by atoms with E-state index in [9.17, 15) is 9.59 Å². The van der Waals surface area contributed by atoms with Crippen molar-refractivity contribution in [2.75, 3.05) is 56.2 Å². The highest BCUT2D eigenvalue weighted by Gasteiger charge is 2.37. The molecule has 2 fully saturated rings. The Balaban J connectivity index is 1.35. The van der Waals surface area contributed by atoms with Gasteiger partial charge < -0.3 is 24.3 Å². The molecule has 4 heterocycles. The fourth-order valence-electron chi connectivity index (χ4n) is 5.78. The normalized spacial score (nSPS) is 19.6. The van der Waals surface area contributed by atoms with Crippen molar-refractivity contribution in [2.45, 2.75) is 25.4 Å². The van der Waals surface area contributed by atoms with E-state index in [0.717, 1.165) is 41.4 Å². The largest absolute Gasteiger partial charge is 0.462 e. The number of piperazine rings is 1. The van der Waals surface area contributed by atoms with Gasteiger partial charge in [0, 0.05) is 43.2 Å². The van der Waals surface area contributed by atoms with E-state index < -0.39 is 0 Å². The van der Waals surface area contributed by atoms with Gasteiger partial charge in [0.15, 0.2) is 0 Å². The monoisotopic (exact) mass is 546 g/mol. The molecular formula is C29H31ClN6O3. The smallest absolute Gasteiger partial charge is 0.319 e. The number of ether oxygens (including phenoxy) is 1. The van der Waals surface area contributed by atoms with Crippen LogP contribution in [-0.4, -0.2) is 84.0 Å². The van der Waals surface area contributed by atoms with E-state index in [1.54, 1.807) is 9.80 Å². The number of hydrogen-bond donors (Lipinski definition) is 0. The lowest BCUT2D eigenvalue weighted by Gasteiger charge is -2.35. The summed E-state index contributed by atoms with van der Waals surface area (Å²) in [4.78, 5) is 43.4. The molecule has 0 N–H and O–H groups in total. The molecule has 39 heavy (non-hydrogen) atoms. The van der Waals surface area contributed by atoms with E-state index in [4.69, 9.17) is 21.3 Å². The summed E-state index contributed by atoms with van der Waals surface area (Å²) in [6.07, 6.45) is 3.54. The fraction of sp³-hybridized carbons (Fsp3) is 0.379. The molecule has 3 aliphatic rings. The van der Waals surface area contributed by atoms with Crippen LogP contribution in [0, 0.1) is 0 Å². The van der Waals surface area contributed by atoms with Gasteiger partial charge in [0.2, 0.25) is 5.91 Å². The van der Waals surface area contributed by atoms with Gasteiger partial charge in [-0.3, -0.25) is 9.59 Å². The first-order chi connectivity index (χ1) is 18.9. The van der Waals surface area contributed by atoms with Crippen molar-refractivity contribution in [3.63, 3.8) is 0 Å². The predicted molar refractivity (Wildman–Crippen MR) is 152 cm³/mol. The molecule has 2 amide bonds. The molecular weight excluding hydrogens is 516 g/mol. The van der Waals surface area contributed by atoms with Crippen LogP contribution in [0.1, 0.15) is 28.9 Å². The minimum absolute atomic E-state index is 0.0820. The molecule has 9 nitrogen and oxygen atoms in total. The standard InChI is InChI=1S/C29H31ClN6O3/c1-3-24(37)34-13-15-35(16-14-34)27-21-17-36(23-11-5-8-19-7-4-10-22(30)25(19)23)28(38)26(21)31-29(32-27)39-18-20-9-6-12-33(20)2/h3-5,7-8,10-11,20H,1,6,9,12-18H2,2H3/t20-/m0/s1. The van der Waals surface area contributed by atoms with E-state index in [2.05, 4.69) is 28.4 Å². The Morgan fingerprint density at radius 2 is 1.90 bits per heavy atom. The van der Waals surface area contributed by atoms with E-state index in [1.807, 2.05) is 36.4 Å². The third kappa shape index (κ3) is 4.70. The summed E-state index contributed by atoms with van der Waals surface area (Å²) in [6.45, 7) is 7.70. The number of fused-ring (bicyclic) bond motifs is 2. The first-order valence-corrected chi connectivity index (χ1v) is 13.7. The maximum atomic E-state index is 13.9. The van der Waals surface area contributed by atoms with Crippen molar-refractivity contribution in [1.82, 2.24) is 19.8 Å². The molecule has 2 aromatic carbocycles. The van der Waals surface area contributed by atoms with Crippen molar-refractivity contribution in [1.29, 1.82) is 0 Å². The number of carbonyl (C=O) groups excluding carboxylic acids is 2. The zero-order chi connectivity index (χ0) is 27.1. The lowest BCUT2D eigenvalue weighted by molar-refractivity contribution is -0.126. The zero-order valence-electron chi connectivity index (χ0n) is 22.0. The van der Waals surface area contributed by atoms with Crippen LogP contribution in [-0.2, 0) is 11.3 Å². The second kappa shape index (κ2) is 10.5. The Bertz CT molecular complexity index is 1450. The summed E-state index contributed by atoms with van der Waals surface area (Å²) in [5.41, 5.74) is 1.85. The Kier molecular flexibility index (Phi) is 6.86. The number of rotatable bonds is 6. The van der Waals surface area contributed by atoms with Gasteiger partial charge in [0.1, 0.15) is 18.1 Å². The average molecular weight is 547 g/mol. The zero-order valence-corrected chi connectivity index (χ0v) is 22.7. The number of halogens is 1. The van der Waals surface area contributed by atoms with Crippen LogP contribution in [0.25, 0.3) is 10.8 Å². The van der Waals surface area contributed by atoms with Crippen LogP contribution in [0.4, 0.5) is 11.5 Å². The molecule has 0 radical (unpaired) electrons.